The zero-order valence-electron chi connectivity index (χ0n) is 9.87. The van der Waals surface area contributed by atoms with Crippen LogP contribution in [0.5, 0.6) is 0 Å². The number of carbonyl (C=O) groups excluding carboxylic acids is 1. The van der Waals surface area contributed by atoms with Crippen LogP contribution < -0.4 is 0 Å². The molecule has 1 aliphatic carbocycles. The predicted octanol–water partition coefficient (Wildman–Crippen LogP) is 2.62. The summed E-state index contributed by atoms with van der Waals surface area (Å²) in [6, 6.07) is 0.576. The fourth-order valence-corrected chi connectivity index (χ4v) is 3.29. The van der Waals surface area contributed by atoms with Crippen molar-refractivity contribution in [1.82, 2.24) is 4.90 Å². The van der Waals surface area contributed by atoms with Crippen molar-refractivity contribution in [2.45, 2.75) is 57.9 Å². The van der Waals surface area contributed by atoms with Gasteiger partial charge in [0.1, 0.15) is 5.78 Å². The molecule has 0 aromatic rings. The molecular weight excluding hydrogens is 186 g/mol. The van der Waals surface area contributed by atoms with Crippen molar-refractivity contribution in [2.24, 2.45) is 5.92 Å². The van der Waals surface area contributed by atoms with Gasteiger partial charge in [-0.1, -0.05) is 19.8 Å². The van der Waals surface area contributed by atoms with E-state index in [1.165, 1.54) is 32.2 Å². The molecule has 0 bridgehead atoms. The third kappa shape index (κ3) is 2.41. The number of hydrogen-bond acceptors (Lipinski definition) is 2. The van der Waals surface area contributed by atoms with Crippen molar-refractivity contribution in [3.63, 3.8) is 0 Å². The molecule has 2 nitrogen and oxygen atoms in total. The first-order chi connectivity index (χ1) is 7.33. The number of Topliss-reactive ketones (excluding diaryl/α,β-unsaturated/α-hetero) is 1. The highest BCUT2D eigenvalue weighted by Gasteiger charge is 2.35. The van der Waals surface area contributed by atoms with Crippen LogP contribution in [-0.2, 0) is 4.79 Å². The van der Waals surface area contributed by atoms with Gasteiger partial charge in [0.05, 0.1) is 0 Å². The molecule has 0 aromatic carbocycles. The van der Waals surface area contributed by atoms with Crippen LogP contribution in [-0.4, -0.2) is 29.8 Å². The Hall–Kier alpha value is -0.370. The van der Waals surface area contributed by atoms with Crippen LogP contribution in [0.25, 0.3) is 0 Å². The molecule has 1 aliphatic heterocycles. The largest absolute Gasteiger partial charge is 0.300 e. The molecule has 2 atom stereocenters. The Labute approximate surface area is 93.0 Å². The molecule has 1 saturated carbocycles. The Balaban J connectivity index is 2.05. The summed E-state index contributed by atoms with van der Waals surface area (Å²) in [6.07, 6.45) is 8.39. The highest BCUT2D eigenvalue weighted by atomic mass is 16.1. The van der Waals surface area contributed by atoms with Crippen LogP contribution in [0.4, 0.5) is 0 Å². The summed E-state index contributed by atoms with van der Waals surface area (Å²) in [7, 11) is 0. The monoisotopic (exact) mass is 209 g/mol. The molecule has 0 amide bonds. The Morgan fingerprint density at radius 3 is 2.73 bits per heavy atom. The molecule has 0 spiro atoms. The van der Waals surface area contributed by atoms with E-state index >= 15 is 0 Å². The highest BCUT2D eigenvalue weighted by molar-refractivity contribution is 5.83. The molecule has 0 aromatic heterocycles. The van der Waals surface area contributed by atoms with Crippen LogP contribution in [0.1, 0.15) is 51.9 Å². The normalized spacial score (nSPS) is 34.3. The maximum atomic E-state index is 11.8. The first-order valence-electron chi connectivity index (χ1n) is 6.59. The molecule has 0 N–H and O–H groups in total. The fourth-order valence-electron chi connectivity index (χ4n) is 3.29. The van der Waals surface area contributed by atoms with Gasteiger partial charge < -0.3 is 0 Å². The van der Waals surface area contributed by atoms with Gasteiger partial charge in [-0.15, -0.1) is 0 Å². The smallest absolute Gasteiger partial charge is 0.137 e. The van der Waals surface area contributed by atoms with E-state index in [2.05, 4.69) is 11.8 Å². The number of ketones is 1. The minimum absolute atomic E-state index is 0.378. The molecule has 0 radical (unpaired) electrons. The Morgan fingerprint density at radius 2 is 2.07 bits per heavy atom. The minimum Gasteiger partial charge on any atom is -0.300 e. The summed E-state index contributed by atoms with van der Waals surface area (Å²) < 4.78 is 0. The lowest BCUT2D eigenvalue weighted by Gasteiger charge is -2.32. The zero-order chi connectivity index (χ0) is 10.7. The van der Waals surface area contributed by atoms with Crippen molar-refractivity contribution in [1.29, 1.82) is 0 Å². The Kier molecular flexibility index (Phi) is 3.79. The Bertz CT molecular complexity index is 227. The summed E-state index contributed by atoms with van der Waals surface area (Å²) in [4.78, 5) is 14.4. The lowest BCUT2D eigenvalue weighted by atomic mass is 9.92. The van der Waals surface area contributed by atoms with E-state index in [0.29, 0.717) is 17.7 Å². The van der Waals surface area contributed by atoms with E-state index < -0.39 is 0 Å². The second-order valence-electron chi connectivity index (χ2n) is 5.01. The van der Waals surface area contributed by atoms with Gasteiger partial charge in [-0.2, -0.15) is 0 Å². The van der Waals surface area contributed by atoms with Crippen molar-refractivity contribution < 1.29 is 4.79 Å². The number of carbonyl (C=O) groups is 1. The quantitative estimate of drug-likeness (QED) is 0.697. The van der Waals surface area contributed by atoms with Crippen LogP contribution in [0.15, 0.2) is 0 Å². The molecule has 2 heteroatoms. The number of likely N-dealkylation sites (tertiary alicyclic amines) is 1. The van der Waals surface area contributed by atoms with Crippen LogP contribution in [0.3, 0.4) is 0 Å². The summed E-state index contributed by atoms with van der Waals surface area (Å²) >= 11 is 0. The van der Waals surface area contributed by atoms with E-state index in [1.54, 1.807) is 0 Å². The molecule has 86 valence electrons. The maximum Gasteiger partial charge on any atom is 0.137 e. The molecular formula is C13H23NO. The average molecular weight is 209 g/mol. The van der Waals surface area contributed by atoms with Gasteiger partial charge in [0.25, 0.3) is 0 Å². The molecule has 2 fully saturated rings. The van der Waals surface area contributed by atoms with Gasteiger partial charge in [0.15, 0.2) is 0 Å². The SMILES string of the molecule is CCN1CCCCC[C@@H]1[C@H]1CCCC1=O. The van der Waals surface area contributed by atoms with E-state index in [-0.39, 0.29) is 0 Å². The third-order valence-electron chi connectivity index (χ3n) is 4.14. The number of nitrogens with zero attached hydrogens (tertiary/aromatic N) is 1. The summed E-state index contributed by atoms with van der Waals surface area (Å²) in [5.74, 6) is 0.920. The second kappa shape index (κ2) is 5.11. The van der Waals surface area contributed by atoms with Crippen molar-refractivity contribution >= 4 is 5.78 Å². The van der Waals surface area contributed by atoms with Gasteiger partial charge in [0.2, 0.25) is 0 Å². The van der Waals surface area contributed by atoms with Crippen LogP contribution >= 0.6 is 0 Å². The molecule has 0 unspecified atom stereocenters. The number of hydrogen-bond donors (Lipinski definition) is 0. The topological polar surface area (TPSA) is 20.3 Å². The molecule has 1 saturated heterocycles. The van der Waals surface area contributed by atoms with Crippen molar-refractivity contribution in [2.75, 3.05) is 13.1 Å². The maximum absolute atomic E-state index is 11.8. The van der Waals surface area contributed by atoms with Gasteiger partial charge in [0, 0.05) is 18.4 Å². The van der Waals surface area contributed by atoms with E-state index in [1.807, 2.05) is 0 Å². The molecule has 15 heavy (non-hydrogen) atoms. The predicted molar refractivity (Wildman–Crippen MR) is 61.9 cm³/mol. The van der Waals surface area contributed by atoms with Crippen molar-refractivity contribution in [3.8, 4) is 0 Å². The van der Waals surface area contributed by atoms with E-state index in [4.69, 9.17) is 0 Å². The lowest BCUT2D eigenvalue weighted by molar-refractivity contribution is -0.122. The Morgan fingerprint density at radius 1 is 1.20 bits per heavy atom. The fraction of sp³-hybridized carbons (Fsp3) is 0.923. The lowest BCUT2D eigenvalue weighted by Crippen LogP contribution is -2.41. The van der Waals surface area contributed by atoms with E-state index in [0.717, 1.165) is 25.8 Å². The highest BCUT2D eigenvalue weighted by Crippen LogP contribution is 2.31. The van der Waals surface area contributed by atoms with Gasteiger partial charge in [-0.25, -0.2) is 0 Å². The van der Waals surface area contributed by atoms with E-state index in [9.17, 15) is 4.79 Å². The first kappa shape index (κ1) is 11.1. The first-order valence-corrected chi connectivity index (χ1v) is 6.59. The van der Waals surface area contributed by atoms with Gasteiger partial charge >= 0.3 is 0 Å². The molecule has 2 rings (SSSR count). The summed E-state index contributed by atoms with van der Waals surface area (Å²) in [5.41, 5.74) is 0. The van der Waals surface area contributed by atoms with Crippen LogP contribution in [0.2, 0.25) is 0 Å². The minimum atomic E-state index is 0.378. The van der Waals surface area contributed by atoms with Crippen molar-refractivity contribution in [3.05, 3.63) is 0 Å². The summed E-state index contributed by atoms with van der Waals surface area (Å²) in [5, 5.41) is 0. The standard InChI is InChI=1S/C13H23NO/c1-2-14-10-5-3-4-8-12(14)11-7-6-9-13(11)15/h11-12H,2-10H2,1H3/t11-,12-/m1/s1. The third-order valence-corrected chi connectivity index (χ3v) is 4.14. The van der Waals surface area contributed by atoms with Crippen LogP contribution in [0, 0.1) is 5.92 Å². The summed E-state index contributed by atoms with van der Waals surface area (Å²) in [6.45, 7) is 4.57. The molecule has 2 aliphatic rings. The van der Waals surface area contributed by atoms with Gasteiger partial charge in [-0.3, -0.25) is 9.69 Å². The second-order valence-corrected chi connectivity index (χ2v) is 5.01. The number of rotatable bonds is 2. The van der Waals surface area contributed by atoms with Gasteiger partial charge in [-0.05, 0) is 38.8 Å². The average Bonchev–Trinajstić information content (AvgIpc) is 2.54. The zero-order valence-corrected chi connectivity index (χ0v) is 9.87. The molecule has 1 heterocycles.